The highest BCUT2D eigenvalue weighted by atomic mass is 32.2. The molecule has 0 atom stereocenters. The van der Waals surface area contributed by atoms with Crippen molar-refractivity contribution in [1.82, 2.24) is 15.3 Å². The van der Waals surface area contributed by atoms with Crippen molar-refractivity contribution in [2.45, 2.75) is 113 Å². The molecule has 0 spiro atoms. The number of nitrogens with zero attached hydrogens (tertiary/aromatic N) is 2. The average molecular weight is 768 g/mol. The third-order valence-electron chi connectivity index (χ3n) is 7.95. The van der Waals surface area contributed by atoms with Gasteiger partial charge in [0, 0.05) is 67.2 Å². The summed E-state index contributed by atoms with van der Waals surface area (Å²) in [4.78, 5) is 9.34. The number of aryl methyl sites for hydroxylation is 1. The third kappa shape index (κ3) is 17.3. The fraction of sp³-hybridized carbons (Fsp3) is 0.417. The molecule has 6 nitrogen and oxygen atoms in total. The van der Waals surface area contributed by atoms with Gasteiger partial charge in [0.1, 0.15) is 17.2 Å². The Balaban J connectivity index is 0.000000325. The number of pyridine rings is 2. The number of rotatable bonds is 0. The Kier molecular flexibility index (Phi) is 28.3. The van der Waals surface area contributed by atoms with Crippen LogP contribution in [0.4, 0.5) is 0 Å². The Morgan fingerprint density at radius 2 is 0.836 bits per heavy atom. The number of aromatic nitrogens is 2. The van der Waals surface area contributed by atoms with Gasteiger partial charge in [-0.05, 0) is 58.5 Å². The highest BCUT2D eigenvalue weighted by molar-refractivity contribution is 7.99. The highest BCUT2D eigenvalue weighted by Crippen LogP contribution is 2.29. The van der Waals surface area contributed by atoms with Crippen molar-refractivity contribution >= 4 is 11.8 Å². The van der Waals surface area contributed by atoms with Crippen molar-refractivity contribution in [2.24, 2.45) is 0 Å². The van der Waals surface area contributed by atoms with Crippen LogP contribution in [0.2, 0.25) is 0 Å². The molecule has 0 radical (unpaired) electrons. The summed E-state index contributed by atoms with van der Waals surface area (Å²) in [5.41, 5.74) is 8.35. The van der Waals surface area contributed by atoms with Crippen LogP contribution in [0.25, 0.3) is 0 Å². The van der Waals surface area contributed by atoms with Crippen molar-refractivity contribution < 1.29 is 14.2 Å². The van der Waals surface area contributed by atoms with E-state index in [0.29, 0.717) is 0 Å². The lowest BCUT2D eigenvalue weighted by Gasteiger charge is -1.93. The van der Waals surface area contributed by atoms with Gasteiger partial charge in [-0.25, -0.2) is 0 Å². The first-order valence-electron chi connectivity index (χ1n) is 20.6. The van der Waals surface area contributed by atoms with Crippen LogP contribution in [0.5, 0.6) is 17.2 Å². The molecule has 300 valence electrons. The minimum atomic E-state index is 0.820. The molecular formula is C48H69N3O3S. The summed E-state index contributed by atoms with van der Waals surface area (Å²) in [6.45, 7) is 24.6. The van der Waals surface area contributed by atoms with Gasteiger partial charge in [0.05, 0.1) is 26.0 Å². The lowest BCUT2D eigenvalue weighted by Crippen LogP contribution is -1.99. The van der Waals surface area contributed by atoms with Crippen LogP contribution in [0.1, 0.15) is 103 Å². The third-order valence-corrected chi connectivity index (χ3v) is 9.04. The molecule has 1 N–H and O–H groups in total. The van der Waals surface area contributed by atoms with E-state index in [9.17, 15) is 0 Å². The van der Waals surface area contributed by atoms with E-state index in [1.54, 1.807) is 12.4 Å². The van der Waals surface area contributed by atoms with Gasteiger partial charge >= 0.3 is 0 Å². The molecule has 10 rings (SSSR count). The molecule has 0 fully saturated rings. The van der Waals surface area contributed by atoms with Gasteiger partial charge in [0.15, 0.2) is 0 Å². The SMILES string of the molecule is CC.CC.CC.CC.CC.c1cc2c(cn1)OCC2.c1cc2c(cn1)SCC2.c1ccc2c(c1)CCO2.c1ccc2c(c1)CCO2.c1ccc2c(c1)CNC2. The van der Waals surface area contributed by atoms with Gasteiger partial charge in [-0.3, -0.25) is 9.97 Å². The number of fused-ring (bicyclic) bond motifs is 5. The smallest absolute Gasteiger partial charge is 0.140 e. The zero-order valence-corrected chi connectivity index (χ0v) is 36.3. The molecule has 5 aliphatic rings. The Hall–Kier alpha value is -4.33. The van der Waals surface area contributed by atoms with Gasteiger partial charge in [0.2, 0.25) is 0 Å². The molecule has 5 aromatic rings. The zero-order chi connectivity index (χ0) is 40.5. The predicted molar refractivity (Wildman–Crippen MR) is 237 cm³/mol. The molecule has 55 heavy (non-hydrogen) atoms. The van der Waals surface area contributed by atoms with Crippen LogP contribution in [-0.4, -0.2) is 35.5 Å². The Morgan fingerprint density at radius 1 is 0.436 bits per heavy atom. The van der Waals surface area contributed by atoms with Gasteiger partial charge in [-0.1, -0.05) is 130 Å². The molecule has 0 amide bonds. The van der Waals surface area contributed by atoms with Crippen molar-refractivity contribution in [3.63, 3.8) is 0 Å². The molecule has 3 aromatic carbocycles. The van der Waals surface area contributed by atoms with Gasteiger partial charge < -0.3 is 19.5 Å². The molecule has 0 saturated carbocycles. The van der Waals surface area contributed by atoms with E-state index in [-0.39, 0.29) is 0 Å². The largest absolute Gasteiger partial charge is 0.493 e. The second kappa shape index (κ2) is 32.0. The standard InChI is InChI=1S/C8H9N.2C8H8O.C7H7NO.C7H7NS.5C2H6/c1-2-4-8-6-9-5-7(8)3-1;2*1-2-4-8-7(3-1)5-6-9-8;2*1-3-8-5-7-6(1)2-4-9-7;5*1-2/h1-4,9H,5-6H2;2*1-4H,5-6H2;2*1,3,5H,2,4H2;5*1-2H3. The van der Waals surface area contributed by atoms with E-state index in [0.717, 1.165) is 69.4 Å². The summed E-state index contributed by atoms with van der Waals surface area (Å²) in [5.74, 6) is 4.33. The topological polar surface area (TPSA) is 65.5 Å². The first-order chi connectivity index (χ1) is 27.3. The number of ether oxygens (including phenoxy) is 3. The van der Waals surface area contributed by atoms with Crippen molar-refractivity contribution in [1.29, 1.82) is 0 Å². The van der Waals surface area contributed by atoms with Crippen molar-refractivity contribution in [3.8, 4) is 17.2 Å². The minimum Gasteiger partial charge on any atom is -0.493 e. The number of para-hydroxylation sites is 2. The molecule has 0 unspecified atom stereocenters. The van der Waals surface area contributed by atoms with Gasteiger partial charge in [-0.15, -0.1) is 11.8 Å². The maximum absolute atomic E-state index is 5.30. The molecule has 7 heterocycles. The van der Waals surface area contributed by atoms with Gasteiger partial charge in [-0.2, -0.15) is 0 Å². The lowest BCUT2D eigenvalue weighted by atomic mass is 10.1. The summed E-state index contributed by atoms with van der Waals surface area (Å²) in [5, 5.41) is 3.29. The molecule has 0 bridgehead atoms. The van der Waals surface area contributed by atoms with Crippen LogP contribution in [-0.2, 0) is 38.8 Å². The van der Waals surface area contributed by atoms with Crippen LogP contribution in [0.3, 0.4) is 0 Å². The monoisotopic (exact) mass is 768 g/mol. The molecule has 0 aliphatic carbocycles. The quantitative estimate of drug-likeness (QED) is 0.168. The van der Waals surface area contributed by atoms with Crippen LogP contribution >= 0.6 is 11.8 Å². The summed E-state index contributed by atoms with van der Waals surface area (Å²) in [6, 6.07) is 29.0. The number of benzene rings is 3. The van der Waals surface area contributed by atoms with Crippen LogP contribution in [0.15, 0.2) is 115 Å². The maximum Gasteiger partial charge on any atom is 0.140 e. The van der Waals surface area contributed by atoms with Crippen molar-refractivity contribution in [3.05, 3.63) is 143 Å². The number of hydrogen-bond donors (Lipinski definition) is 1. The molecular weight excluding hydrogens is 699 g/mol. The van der Waals surface area contributed by atoms with Crippen LogP contribution < -0.4 is 19.5 Å². The number of nitrogens with one attached hydrogen (secondary N) is 1. The van der Waals surface area contributed by atoms with Crippen molar-refractivity contribution in [2.75, 3.05) is 25.6 Å². The number of hydrogen-bond acceptors (Lipinski definition) is 7. The zero-order valence-electron chi connectivity index (χ0n) is 35.5. The predicted octanol–water partition coefficient (Wildman–Crippen LogP) is 12.4. The summed E-state index contributed by atoms with van der Waals surface area (Å²) < 4.78 is 15.8. The highest BCUT2D eigenvalue weighted by Gasteiger charge is 2.11. The fourth-order valence-corrected chi connectivity index (χ4v) is 6.54. The van der Waals surface area contributed by atoms with Gasteiger partial charge in [0.25, 0.3) is 0 Å². The van der Waals surface area contributed by atoms with E-state index >= 15 is 0 Å². The summed E-state index contributed by atoms with van der Waals surface area (Å²) >= 11 is 1.91. The molecule has 0 saturated heterocycles. The minimum absolute atomic E-state index is 0.820. The van der Waals surface area contributed by atoms with Crippen LogP contribution in [0, 0.1) is 0 Å². The van der Waals surface area contributed by atoms with E-state index in [2.05, 4.69) is 57.7 Å². The number of thioether (sulfide) groups is 1. The summed E-state index contributed by atoms with van der Waals surface area (Å²) in [7, 11) is 0. The molecule has 5 aliphatic heterocycles. The van der Waals surface area contributed by atoms with E-state index in [1.807, 2.05) is 136 Å². The fourth-order valence-electron chi connectivity index (χ4n) is 5.51. The maximum atomic E-state index is 5.30. The molecule has 2 aromatic heterocycles. The molecule has 7 heteroatoms. The second-order valence-corrected chi connectivity index (χ2v) is 12.1. The lowest BCUT2D eigenvalue weighted by molar-refractivity contribution is 0.355. The summed E-state index contributed by atoms with van der Waals surface area (Å²) in [6.07, 6.45) is 11.8. The first kappa shape index (κ1) is 48.7. The van der Waals surface area contributed by atoms with E-state index in [4.69, 9.17) is 14.2 Å². The normalized spacial score (nSPS) is 12.8. The van der Waals surface area contributed by atoms with E-state index < -0.39 is 0 Å². The second-order valence-electron chi connectivity index (χ2n) is 10.9. The average Bonchev–Trinajstić information content (AvgIpc) is 4.15. The van der Waals surface area contributed by atoms with E-state index in [1.165, 1.54) is 50.4 Å². The Morgan fingerprint density at radius 3 is 1.29 bits per heavy atom. The first-order valence-corrected chi connectivity index (χ1v) is 21.6. The Labute approximate surface area is 338 Å². The Bertz CT molecular complexity index is 1280.